The molecular formula is C20H25ClN4O3S. The molecule has 2 heterocycles. The molecule has 1 atom stereocenters. The summed E-state index contributed by atoms with van der Waals surface area (Å²) >= 11 is 7.34. The van der Waals surface area contributed by atoms with Gasteiger partial charge in [-0.2, -0.15) is 0 Å². The first-order chi connectivity index (χ1) is 13.9. The van der Waals surface area contributed by atoms with Crippen molar-refractivity contribution in [1.82, 2.24) is 19.7 Å². The molecule has 0 N–H and O–H groups in total. The van der Waals surface area contributed by atoms with Crippen LogP contribution in [0.2, 0.25) is 5.02 Å². The molecule has 1 aliphatic rings. The number of carbonyl (C=O) groups is 2. The number of ether oxygens (including phenoxy) is 1. The second-order valence-electron chi connectivity index (χ2n) is 6.98. The highest BCUT2D eigenvalue weighted by Gasteiger charge is 2.31. The minimum Gasteiger partial charge on any atom is -0.466 e. The van der Waals surface area contributed by atoms with Gasteiger partial charge < -0.3 is 14.2 Å². The van der Waals surface area contributed by atoms with E-state index in [0.717, 1.165) is 11.4 Å². The van der Waals surface area contributed by atoms with Crippen LogP contribution in [0, 0.1) is 5.92 Å². The SMILES string of the molecule is CCOC(=O)C1CCN(C(=O)C(C)Sc2nnc(-c3ccc(Cl)cc3)n2C)CC1. The molecule has 0 bridgehead atoms. The van der Waals surface area contributed by atoms with E-state index in [-0.39, 0.29) is 23.0 Å². The number of carbonyl (C=O) groups excluding carboxylic acids is 2. The molecule has 0 aliphatic carbocycles. The van der Waals surface area contributed by atoms with Crippen LogP contribution < -0.4 is 0 Å². The van der Waals surface area contributed by atoms with Crippen LogP contribution in [0.3, 0.4) is 0 Å². The first-order valence-corrected chi connectivity index (χ1v) is 10.9. The molecule has 3 rings (SSSR count). The van der Waals surface area contributed by atoms with Gasteiger partial charge in [-0.1, -0.05) is 23.4 Å². The van der Waals surface area contributed by atoms with E-state index in [4.69, 9.17) is 16.3 Å². The van der Waals surface area contributed by atoms with Crippen molar-refractivity contribution >= 4 is 35.2 Å². The summed E-state index contributed by atoms with van der Waals surface area (Å²) < 4.78 is 6.97. The predicted molar refractivity (Wildman–Crippen MR) is 113 cm³/mol. The number of aromatic nitrogens is 3. The van der Waals surface area contributed by atoms with Crippen molar-refractivity contribution in [3.05, 3.63) is 29.3 Å². The molecule has 1 aromatic carbocycles. The third-order valence-corrected chi connectivity index (χ3v) is 6.37. The van der Waals surface area contributed by atoms with E-state index in [0.29, 0.717) is 42.7 Å². The van der Waals surface area contributed by atoms with Gasteiger partial charge in [-0.05, 0) is 51.0 Å². The first-order valence-electron chi connectivity index (χ1n) is 9.68. The molecule has 9 heteroatoms. The van der Waals surface area contributed by atoms with E-state index < -0.39 is 0 Å². The summed E-state index contributed by atoms with van der Waals surface area (Å²) in [5.74, 6) is 0.505. The third kappa shape index (κ3) is 5.11. The zero-order valence-electron chi connectivity index (χ0n) is 16.8. The number of benzene rings is 1. The summed E-state index contributed by atoms with van der Waals surface area (Å²) in [7, 11) is 1.88. The number of amides is 1. The van der Waals surface area contributed by atoms with Crippen LogP contribution in [0.5, 0.6) is 0 Å². The Morgan fingerprint density at radius 3 is 2.52 bits per heavy atom. The van der Waals surface area contributed by atoms with Crippen molar-refractivity contribution < 1.29 is 14.3 Å². The Kier molecular flexibility index (Phi) is 7.18. The highest BCUT2D eigenvalue weighted by molar-refractivity contribution is 8.00. The number of piperidine rings is 1. The molecule has 1 saturated heterocycles. The molecule has 0 spiro atoms. The van der Waals surface area contributed by atoms with Gasteiger partial charge in [0, 0.05) is 30.7 Å². The maximum atomic E-state index is 12.8. The summed E-state index contributed by atoms with van der Waals surface area (Å²) in [6.07, 6.45) is 1.29. The van der Waals surface area contributed by atoms with Gasteiger partial charge in [0.1, 0.15) is 0 Å². The third-order valence-electron chi connectivity index (χ3n) is 4.99. The van der Waals surface area contributed by atoms with Crippen LogP contribution in [0.4, 0.5) is 0 Å². The molecule has 156 valence electrons. The van der Waals surface area contributed by atoms with Gasteiger partial charge in [-0.15, -0.1) is 10.2 Å². The Bertz CT molecular complexity index is 863. The van der Waals surface area contributed by atoms with Gasteiger partial charge in [0.15, 0.2) is 11.0 Å². The first kappa shape index (κ1) is 21.6. The fourth-order valence-electron chi connectivity index (χ4n) is 3.33. The standard InChI is InChI=1S/C20H25ClN4O3S/c1-4-28-19(27)15-9-11-25(12-10-15)18(26)13(2)29-20-23-22-17(24(20)3)14-5-7-16(21)8-6-14/h5-8,13,15H,4,9-12H2,1-3H3. The molecule has 0 radical (unpaired) electrons. The molecule has 2 aromatic rings. The molecule has 1 unspecified atom stereocenters. The Labute approximate surface area is 179 Å². The van der Waals surface area contributed by atoms with E-state index in [9.17, 15) is 9.59 Å². The minimum absolute atomic E-state index is 0.0494. The average Bonchev–Trinajstić information content (AvgIpc) is 3.08. The second kappa shape index (κ2) is 9.63. The number of hydrogen-bond donors (Lipinski definition) is 0. The summed E-state index contributed by atoms with van der Waals surface area (Å²) in [5.41, 5.74) is 0.913. The largest absolute Gasteiger partial charge is 0.466 e. The predicted octanol–water partition coefficient (Wildman–Crippen LogP) is 3.42. The van der Waals surface area contributed by atoms with Crippen molar-refractivity contribution in [1.29, 1.82) is 0 Å². The quantitative estimate of drug-likeness (QED) is 0.510. The Hall–Kier alpha value is -2.06. The highest BCUT2D eigenvalue weighted by atomic mass is 35.5. The van der Waals surface area contributed by atoms with Gasteiger partial charge in [0.25, 0.3) is 0 Å². The Morgan fingerprint density at radius 2 is 1.90 bits per heavy atom. The zero-order valence-corrected chi connectivity index (χ0v) is 18.4. The Balaban J connectivity index is 1.59. The van der Waals surface area contributed by atoms with Crippen LogP contribution in [-0.4, -0.2) is 56.5 Å². The molecule has 29 heavy (non-hydrogen) atoms. The lowest BCUT2D eigenvalue weighted by atomic mass is 9.97. The molecule has 1 aromatic heterocycles. The van der Waals surface area contributed by atoms with E-state index in [1.54, 1.807) is 6.92 Å². The normalized spacial score (nSPS) is 15.9. The monoisotopic (exact) mass is 436 g/mol. The van der Waals surface area contributed by atoms with Crippen LogP contribution in [-0.2, 0) is 21.4 Å². The lowest BCUT2D eigenvalue weighted by Crippen LogP contribution is -2.43. The van der Waals surface area contributed by atoms with Gasteiger partial charge in [-0.25, -0.2) is 0 Å². The molecule has 7 nitrogen and oxygen atoms in total. The number of esters is 1. The summed E-state index contributed by atoms with van der Waals surface area (Å²) in [4.78, 5) is 26.5. The van der Waals surface area contributed by atoms with Crippen molar-refractivity contribution in [3.8, 4) is 11.4 Å². The van der Waals surface area contributed by atoms with E-state index in [1.165, 1.54) is 11.8 Å². The average molecular weight is 437 g/mol. The fraction of sp³-hybridized carbons (Fsp3) is 0.500. The number of halogens is 1. The molecule has 1 aliphatic heterocycles. The molecular weight excluding hydrogens is 412 g/mol. The van der Waals surface area contributed by atoms with Gasteiger partial charge in [0.05, 0.1) is 17.8 Å². The van der Waals surface area contributed by atoms with Crippen molar-refractivity contribution in [3.63, 3.8) is 0 Å². The highest BCUT2D eigenvalue weighted by Crippen LogP contribution is 2.28. The second-order valence-corrected chi connectivity index (χ2v) is 8.73. The number of rotatable bonds is 6. The van der Waals surface area contributed by atoms with Gasteiger partial charge in [-0.3, -0.25) is 9.59 Å². The van der Waals surface area contributed by atoms with Crippen molar-refractivity contribution in [2.75, 3.05) is 19.7 Å². The van der Waals surface area contributed by atoms with E-state index >= 15 is 0 Å². The zero-order chi connectivity index (χ0) is 21.0. The van der Waals surface area contributed by atoms with E-state index in [2.05, 4.69) is 10.2 Å². The van der Waals surface area contributed by atoms with Gasteiger partial charge >= 0.3 is 5.97 Å². The lowest BCUT2D eigenvalue weighted by molar-refractivity contribution is -0.151. The maximum Gasteiger partial charge on any atom is 0.309 e. The summed E-state index contributed by atoms with van der Waals surface area (Å²) in [6, 6.07) is 7.40. The van der Waals surface area contributed by atoms with Crippen LogP contribution >= 0.6 is 23.4 Å². The minimum atomic E-state index is -0.296. The molecule has 1 amide bonds. The fourth-order valence-corrected chi connectivity index (χ4v) is 4.35. The smallest absolute Gasteiger partial charge is 0.309 e. The summed E-state index contributed by atoms with van der Waals surface area (Å²) in [5, 5.41) is 9.55. The number of thioether (sulfide) groups is 1. The van der Waals surface area contributed by atoms with Gasteiger partial charge in [0.2, 0.25) is 5.91 Å². The van der Waals surface area contributed by atoms with Crippen LogP contribution in [0.15, 0.2) is 29.4 Å². The van der Waals surface area contributed by atoms with Crippen molar-refractivity contribution in [2.45, 2.75) is 37.1 Å². The lowest BCUT2D eigenvalue weighted by Gasteiger charge is -2.32. The van der Waals surface area contributed by atoms with Crippen LogP contribution in [0.25, 0.3) is 11.4 Å². The number of hydrogen-bond acceptors (Lipinski definition) is 6. The molecule has 0 saturated carbocycles. The maximum absolute atomic E-state index is 12.8. The Morgan fingerprint density at radius 1 is 1.24 bits per heavy atom. The van der Waals surface area contributed by atoms with Crippen molar-refractivity contribution in [2.24, 2.45) is 13.0 Å². The van der Waals surface area contributed by atoms with Crippen LogP contribution in [0.1, 0.15) is 26.7 Å². The number of nitrogens with zero attached hydrogens (tertiary/aromatic N) is 4. The molecule has 1 fully saturated rings. The number of likely N-dealkylation sites (tertiary alicyclic amines) is 1. The van der Waals surface area contributed by atoms with E-state index in [1.807, 2.05) is 47.7 Å². The topological polar surface area (TPSA) is 77.3 Å². The summed E-state index contributed by atoms with van der Waals surface area (Å²) in [6.45, 7) is 5.22.